The SMILES string of the molecule is CN(CCc1cn(C)c2ccc(F)c(OCc3ccccc3C#N)c12)Cc1ccccc1C#N.CNC(=O)Cc1cn(C)c2ccc(F)c(O)c12.N#Cc1ccccc1CBr. The highest BCUT2D eigenvalue weighted by molar-refractivity contribution is 9.08. The number of amides is 1. The molecule has 5 aromatic carbocycles. The molecule has 0 bridgehead atoms. The molecule has 0 unspecified atom stereocenters. The topological polar surface area (TPSA) is 143 Å². The standard InChI is InChI=1S/C28H25FN4O.C12H13FN2O2.C8H6BrN/c1-32(17-22-9-5-3-7-20(22)15-30)14-13-23-18-33(2)26-12-11-25(29)28(27(23)26)34-19-24-10-6-4-8-21(24)16-31;1-14-10(16)5-7-6-15(2)9-4-3-8(13)12(17)11(7)9;9-5-7-3-1-2-4-8(7)6-10/h3-12,18H,13-14,17,19H2,1-2H3;3-4,6,17H,5H2,1-2H3,(H,14,16);1-4H,5H2. The zero-order valence-corrected chi connectivity index (χ0v) is 35.8. The summed E-state index contributed by atoms with van der Waals surface area (Å²) >= 11 is 3.30. The van der Waals surface area contributed by atoms with Crippen LogP contribution in [0.2, 0.25) is 0 Å². The van der Waals surface area contributed by atoms with E-state index in [9.17, 15) is 29.2 Å². The van der Waals surface area contributed by atoms with E-state index >= 15 is 0 Å². The Morgan fingerprint density at radius 2 is 1.25 bits per heavy atom. The van der Waals surface area contributed by atoms with E-state index in [2.05, 4.69) is 44.4 Å². The predicted molar refractivity (Wildman–Crippen MR) is 236 cm³/mol. The van der Waals surface area contributed by atoms with E-state index < -0.39 is 17.4 Å². The van der Waals surface area contributed by atoms with Crippen molar-refractivity contribution in [2.75, 3.05) is 20.6 Å². The molecule has 0 aliphatic rings. The van der Waals surface area contributed by atoms with E-state index in [1.807, 2.05) is 85.5 Å². The number of likely N-dealkylation sites (N-methyl/N-ethyl adjacent to an activating group) is 2. The lowest BCUT2D eigenvalue weighted by Gasteiger charge is -2.17. The van der Waals surface area contributed by atoms with Gasteiger partial charge in [0.25, 0.3) is 0 Å². The molecule has 7 aromatic rings. The highest BCUT2D eigenvalue weighted by Crippen LogP contribution is 2.35. The predicted octanol–water partition coefficient (Wildman–Crippen LogP) is 9.08. The maximum atomic E-state index is 14.9. The summed E-state index contributed by atoms with van der Waals surface area (Å²) in [6, 6.07) is 34.8. The largest absolute Gasteiger partial charge is 0.504 e. The van der Waals surface area contributed by atoms with Crippen molar-refractivity contribution in [3.63, 3.8) is 0 Å². The van der Waals surface area contributed by atoms with Gasteiger partial charge in [0.15, 0.2) is 23.1 Å². The van der Waals surface area contributed by atoms with Crippen LogP contribution in [0.15, 0.2) is 109 Å². The van der Waals surface area contributed by atoms with Crippen molar-refractivity contribution < 1.29 is 23.4 Å². The van der Waals surface area contributed by atoms with Crippen molar-refractivity contribution in [1.29, 1.82) is 15.8 Å². The van der Waals surface area contributed by atoms with E-state index in [-0.39, 0.29) is 24.7 Å². The Labute approximate surface area is 362 Å². The summed E-state index contributed by atoms with van der Waals surface area (Å²) in [5, 5.41) is 41.4. The Morgan fingerprint density at radius 1 is 0.738 bits per heavy atom. The van der Waals surface area contributed by atoms with Crippen molar-refractivity contribution in [3.05, 3.63) is 166 Å². The second-order valence-corrected chi connectivity index (χ2v) is 14.7. The second kappa shape index (κ2) is 21.3. The normalized spacial score (nSPS) is 10.5. The molecule has 7 rings (SSSR count). The number of hydrogen-bond acceptors (Lipinski definition) is 7. The van der Waals surface area contributed by atoms with Gasteiger partial charge in [-0.05, 0) is 78.2 Å². The summed E-state index contributed by atoms with van der Waals surface area (Å²) in [6.07, 6.45) is 4.54. The van der Waals surface area contributed by atoms with E-state index in [1.165, 1.54) is 19.2 Å². The van der Waals surface area contributed by atoms with Gasteiger partial charge in [0.1, 0.15) is 6.61 Å². The highest BCUT2D eigenvalue weighted by atomic mass is 79.9. The molecule has 2 aromatic heterocycles. The number of alkyl halides is 1. The van der Waals surface area contributed by atoms with Gasteiger partial charge in [-0.15, -0.1) is 0 Å². The number of hydrogen-bond donors (Lipinski definition) is 2. The number of fused-ring (bicyclic) bond motifs is 2. The number of nitrogens with one attached hydrogen (secondary N) is 1. The number of aryl methyl sites for hydroxylation is 2. The van der Waals surface area contributed by atoms with Gasteiger partial charge >= 0.3 is 0 Å². The van der Waals surface area contributed by atoms with Gasteiger partial charge in [0.05, 0.1) is 52.4 Å². The first kappa shape index (κ1) is 45.1. The molecule has 0 aliphatic carbocycles. The third-order valence-electron chi connectivity index (χ3n) is 10.1. The van der Waals surface area contributed by atoms with E-state index in [1.54, 1.807) is 42.1 Å². The van der Waals surface area contributed by atoms with Crippen molar-refractivity contribution in [1.82, 2.24) is 19.4 Å². The first-order valence-electron chi connectivity index (χ1n) is 19.2. The molecule has 2 heterocycles. The molecular formula is C48H44BrF2N7O3. The van der Waals surface area contributed by atoms with Crippen LogP contribution < -0.4 is 10.1 Å². The number of carbonyl (C=O) groups is 1. The molecule has 0 fully saturated rings. The molecule has 61 heavy (non-hydrogen) atoms. The summed E-state index contributed by atoms with van der Waals surface area (Å²) in [5.74, 6) is -1.48. The van der Waals surface area contributed by atoms with Crippen molar-refractivity contribution in [3.8, 4) is 29.7 Å². The fourth-order valence-corrected chi connectivity index (χ4v) is 7.37. The summed E-state index contributed by atoms with van der Waals surface area (Å²) < 4.78 is 37.9. The van der Waals surface area contributed by atoms with Gasteiger partial charge in [0, 0.05) is 68.3 Å². The number of aromatic nitrogens is 2. The Kier molecular flexibility index (Phi) is 15.8. The second-order valence-electron chi connectivity index (χ2n) is 14.2. The molecule has 0 atom stereocenters. The molecule has 1 amide bonds. The number of nitriles is 3. The molecule has 0 saturated heterocycles. The summed E-state index contributed by atoms with van der Waals surface area (Å²) in [7, 11) is 7.27. The van der Waals surface area contributed by atoms with Crippen LogP contribution in [0.25, 0.3) is 21.8 Å². The van der Waals surface area contributed by atoms with Crippen molar-refractivity contribution in [2.45, 2.75) is 31.3 Å². The molecule has 2 N–H and O–H groups in total. The molecule has 13 heteroatoms. The van der Waals surface area contributed by atoms with Crippen LogP contribution >= 0.6 is 15.9 Å². The summed E-state index contributed by atoms with van der Waals surface area (Å²) in [5.41, 5.74) is 7.87. The lowest BCUT2D eigenvalue weighted by atomic mass is 10.1. The van der Waals surface area contributed by atoms with Crippen LogP contribution in [-0.4, -0.2) is 45.7 Å². The Bertz CT molecular complexity index is 2800. The summed E-state index contributed by atoms with van der Waals surface area (Å²) in [4.78, 5) is 13.5. The number of aromatic hydroxyl groups is 1. The zero-order chi connectivity index (χ0) is 44.1. The maximum absolute atomic E-state index is 14.9. The van der Waals surface area contributed by atoms with E-state index in [0.29, 0.717) is 40.6 Å². The first-order chi connectivity index (χ1) is 29.4. The van der Waals surface area contributed by atoms with Gasteiger partial charge in [-0.25, -0.2) is 8.78 Å². The minimum absolute atomic E-state index is 0.110. The van der Waals surface area contributed by atoms with Gasteiger partial charge in [-0.1, -0.05) is 70.5 Å². The number of phenols is 1. The third kappa shape index (κ3) is 11.0. The number of ether oxygens (including phenoxy) is 1. The van der Waals surface area contributed by atoms with Crippen LogP contribution in [-0.2, 0) is 50.2 Å². The Morgan fingerprint density at radius 3 is 1.82 bits per heavy atom. The maximum Gasteiger partial charge on any atom is 0.224 e. The molecule has 310 valence electrons. The summed E-state index contributed by atoms with van der Waals surface area (Å²) in [6.45, 7) is 1.49. The fraction of sp³-hybridized carbons (Fsp3) is 0.208. The Balaban J connectivity index is 0.000000214. The van der Waals surface area contributed by atoms with E-state index in [0.717, 1.165) is 50.6 Å². The molecule has 0 spiro atoms. The number of benzene rings is 5. The van der Waals surface area contributed by atoms with Crippen molar-refractivity contribution >= 4 is 43.6 Å². The highest BCUT2D eigenvalue weighted by Gasteiger charge is 2.19. The van der Waals surface area contributed by atoms with Gasteiger partial charge in [-0.3, -0.25) is 4.79 Å². The molecule has 0 aliphatic heterocycles. The van der Waals surface area contributed by atoms with Crippen LogP contribution in [0.1, 0.15) is 44.5 Å². The molecule has 10 nitrogen and oxygen atoms in total. The fourth-order valence-electron chi connectivity index (χ4n) is 6.88. The minimum Gasteiger partial charge on any atom is -0.504 e. The Hall–Kier alpha value is -6.98. The number of halogens is 3. The number of nitrogens with zero attached hydrogens (tertiary/aromatic N) is 6. The van der Waals surface area contributed by atoms with Gasteiger partial charge < -0.3 is 29.2 Å². The van der Waals surface area contributed by atoms with Crippen LogP contribution in [0.5, 0.6) is 11.5 Å². The van der Waals surface area contributed by atoms with Crippen LogP contribution in [0.4, 0.5) is 8.78 Å². The van der Waals surface area contributed by atoms with Crippen LogP contribution in [0.3, 0.4) is 0 Å². The average Bonchev–Trinajstić information content (AvgIpc) is 3.78. The number of phenolic OH excluding ortho intramolecular Hbond substituents is 1. The average molecular weight is 885 g/mol. The van der Waals surface area contributed by atoms with Crippen LogP contribution in [0, 0.1) is 45.6 Å². The zero-order valence-electron chi connectivity index (χ0n) is 34.2. The monoisotopic (exact) mass is 883 g/mol. The number of carbonyl (C=O) groups excluding carboxylic acids is 1. The number of rotatable bonds is 11. The lowest BCUT2D eigenvalue weighted by molar-refractivity contribution is -0.119. The van der Waals surface area contributed by atoms with Gasteiger partial charge in [-0.2, -0.15) is 15.8 Å². The smallest absolute Gasteiger partial charge is 0.224 e. The lowest BCUT2D eigenvalue weighted by Crippen LogP contribution is -2.21. The third-order valence-corrected chi connectivity index (χ3v) is 10.7. The van der Waals surface area contributed by atoms with Gasteiger partial charge in [0.2, 0.25) is 5.91 Å². The molecule has 0 radical (unpaired) electrons. The minimum atomic E-state index is -0.679. The quantitative estimate of drug-likeness (QED) is 0.124. The van der Waals surface area contributed by atoms with Crippen molar-refractivity contribution in [2.24, 2.45) is 14.1 Å². The first-order valence-corrected chi connectivity index (χ1v) is 20.3. The van der Waals surface area contributed by atoms with E-state index in [4.69, 9.17) is 10.00 Å². The molecular weight excluding hydrogens is 840 g/mol. The molecule has 0 saturated carbocycles.